The van der Waals surface area contributed by atoms with Crippen molar-refractivity contribution in [1.82, 2.24) is 15.3 Å². The lowest BCUT2D eigenvalue weighted by Crippen LogP contribution is -2.30. The predicted octanol–water partition coefficient (Wildman–Crippen LogP) is 2.74. The molecule has 5 heteroatoms. The van der Waals surface area contributed by atoms with E-state index >= 15 is 0 Å². The number of nitrogens with one attached hydrogen (secondary N) is 2. The zero-order chi connectivity index (χ0) is 15.9. The van der Waals surface area contributed by atoms with Crippen molar-refractivity contribution in [3.05, 3.63) is 63.8 Å². The highest BCUT2D eigenvalue weighted by molar-refractivity contribution is 5.92. The quantitative estimate of drug-likeness (QED) is 0.861. The Morgan fingerprint density at radius 1 is 1.41 bits per heavy atom. The Kier molecular flexibility index (Phi) is 5.47. The van der Waals surface area contributed by atoms with Crippen LogP contribution in [0.5, 0.6) is 0 Å². The number of unbranched alkanes of at least 4 members (excludes halogenated alkanes) is 1. The van der Waals surface area contributed by atoms with E-state index in [2.05, 4.69) is 22.2 Å². The second-order valence-corrected chi connectivity index (χ2v) is 5.37. The van der Waals surface area contributed by atoms with E-state index in [1.807, 2.05) is 12.1 Å². The summed E-state index contributed by atoms with van der Waals surface area (Å²) in [7, 11) is 0. The fraction of sp³-hybridized carbons (Fsp3) is 0.353. The van der Waals surface area contributed by atoms with Crippen LogP contribution in [0.15, 0.2) is 41.5 Å². The minimum atomic E-state index is -0.272. The van der Waals surface area contributed by atoms with Crippen molar-refractivity contribution in [2.45, 2.75) is 39.2 Å². The number of rotatable bonds is 6. The van der Waals surface area contributed by atoms with Gasteiger partial charge < -0.3 is 10.3 Å². The van der Waals surface area contributed by atoms with Crippen molar-refractivity contribution in [2.75, 3.05) is 0 Å². The van der Waals surface area contributed by atoms with Gasteiger partial charge in [-0.25, -0.2) is 0 Å². The fourth-order valence-electron chi connectivity index (χ4n) is 2.35. The molecule has 5 nitrogen and oxygen atoms in total. The molecule has 2 rings (SSSR count). The molecule has 1 atom stereocenters. The molecule has 1 amide bonds. The van der Waals surface area contributed by atoms with Gasteiger partial charge in [0.05, 0.1) is 6.04 Å². The highest BCUT2D eigenvalue weighted by Gasteiger charge is 2.16. The number of hydrogen-bond acceptors (Lipinski definition) is 3. The normalized spacial score (nSPS) is 11.9. The molecule has 2 heterocycles. The number of aromatic nitrogens is 2. The summed E-state index contributed by atoms with van der Waals surface area (Å²) in [5.41, 5.74) is 1.76. The van der Waals surface area contributed by atoms with Crippen molar-refractivity contribution < 1.29 is 4.79 Å². The lowest BCUT2D eigenvalue weighted by atomic mass is 10.0. The smallest absolute Gasteiger partial charge is 0.268 e. The molecule has 0 aliphatic heterocycles. The summed E-state index contributed by atoms with van der Waals surface area (Å²) in [4.78, 5) is 31.0. The Morgan fingerprint density at radius 2 is 2.23 bits per heavy atom. The van der Waals surface area contributed by atoms with Crippen molar-refractivity contribution in [3.8, 4) is 0 Å². The molecule has 116 valence electrons. The molecule has 22 heavy (non-hydrogen) atoms. The molecule has 2 aromatic heterocycles. The maximum atomic E-state index is 12.4. The van der Waals surface area contributed by atoms with Crippen LogP contribution < -0.4 is 10.7 Å². The molecule has 0 fully saturated rings. The summed E-state index contributed by atoms with van der Waals surface area (Å²) in [6.45, 7) is 3.87. The second-order valence-electron chi connectivity index (χ2n) is 5.37. The molecule has 0 saturated carbocycles. The van der Waals surface area contributed by atoms with Crippen LogP contribution in [0.4, 0.5) is 0 Å². The molecular formula is C17H21N3O2. The molecular weight excluding hydrogens is 278 g/mol. The van der Waals surface area contributed by atoms with Crippen LogP contribution in [0.1, 0.15) is 54.0 Å². The van der Waals surface area contributed by atoms with Crippen molar-refractivity contribution >= 4 is 5.91 Å². The third-order valence-corrected chi connectivity index (χ3v) is 3.46. The Hall–Kier alpha value is -2.43. The molecule has 0 unspecified atom stereocenters. The molecule has 0 aromatic carbocycles. The highest BCUT2D eigenvalue weighted by atomic mass is 16.2. The number of carbonyl (C=O) groups excluding carboxylic acids is 1. The minimum Gasteiger partial charge on any atom is -0.354 e. The van der Waals surface area contributed by atoms with Crippen LogP contribution in [0.2, 0.25) is 0 Å². The van der Waals surface area contributed by atoms with E-state index in [1.54, 1.807) is 19.3 Å². The lowest BCUT2D eigenvalue weighted by molar-refractivity contribution is 0.0928. The van der Waals surface area contributed by atoms with Crippen LogP contribution in [0, 0.1) is 6.92 Å². The molecule has 0 saturated heterocycles. The third kappa shape index (κ3) is 4.28. The monoisotopic (exact) mass is 299 g/mol. The van der Waals surface area contributed by atoms with Crippen molar-refractivity contribution in [2.24, 2.45) is 0 Å². The standard InChI is InChI=1S/C17H21N3O2/c1-3-4-7-15(13-6-5-8-18-11-13)20-17(22)16-10-14(21)9-12(2)19-16/h5-6,8-11,15H,3-4,7H2,1-2H3,(H,19,21)(H,20,22)/t15-/m0/s1. The third-order valence-electron chi connectivity index (χ3n) is 3.46. The van der Waals surface area contributed by atoms with E-state index in [0.717, 1.165) is 24.8 Å². The van der Waals surface area contributed by atoms with Crippen LogP contribution in [-0.2, 0) is 0 Å². The SMILES string of the molecule is CCCC[C@H](NC(=O)c1cc(=O)cc(C)[nH]1)c1cccnc1. The number of aromatic amines is 1. The lowest BCUT2D eigenvalue weighted by Gasteiger charge is -2.18. The molecule has 0 bridgehead atoms. The first-order chi connectivity index (χ1) is 10.6. The van der Waals surface area contributed by atoms with Crippen molar-refractivity contribution in [3.63, 3.8) is 0 Å². The summed E-state index contributed by atoms with van der Waals surface area (Å²) < 4.78 is 0. The molecule has 0 spiro atoms. The van der Waals surface area contributed by atoms with E-state index in [1.165, 1.54) is 12.1 Å². The largest absolute Gasteiger partial charge is 0.354 e. The maximum absolute atomic E-state index is 12.4. The number of amides is 1. The average Bonchev–Trinajstić information content (AvgIpc) is 2.51. The van der Waals surface area contributed by atoms with E-state index in [9.17, 15) is 9.59 Å². The Labute approximate surface area is 129 Å². The van der Waals surface area contributed by atoms with Gasteiger partial charge in [-0.1, -0.05) is 25.8 Å². The van der Waals surface area contributed by atoms with Gasteiger partial charge in [-0.3, -0.25) is 14.6 Å². The molecule has 0 aliphatic rings. The molecule has 0 radical (unpaired) electrons. The summed E-state index contributed by atoms with van der Waals surface area (Å²) in [5.74, 6) is -0.272. The van der Waals surface area contributed by atoms with Gasteiger partial charge in [0.1, 0.15) is 5.69 Å². The van der Waals surface area contributed by atoms with Crippen LogP contribution in [0.25, 0.3) is 0 Å². The van der Waals surface area contributed by atoms with Gasteiger partial charge in [0, 0.05) is 30.2 Å². The zero-order valence-electron chi connectivity index (χ0n) is 12.9. The van der Waals surface area contributed by atoms with Crippen LogP contribution in [0.3, 0.4) is 0 Å². The molecule has 0 aliphatic carbocycles. The van der Waals surface area contributed by atoms with Crippen LogP contribution >= 0.6 is 0 Å². The number of nitrogens with zero attached hydrogens (tertiary/aromatic N) is 1. The first-order valence-corrected chi connectivity index (χ1v) is 7.52. The van der Waals surface area contributed by atoms with E-state index < -0.39 is 0 Å². The summed E-state index contributed by atoms with van der Waals surface area (Å²) in [6, 6.07) is 6.49. The predicted molar refractivity (Wildman–Crippen MR) is 85.8 cm³/mol. The molecule has 2 aromatic rings. The number of carbonyl (C=O) groups is 1. The van der Waals surface area contributed by atoms with Gasteiger partial charge in [0.2, 0.25) is 0 Å². The summed E-state index contributed by atoms with van der Waals surface area (Å²) in [6.07, 6.45) is 6.36. The number of hydrogen-bond donors (Lipinski definition) is 2. The van der Waals surface area contributed by atoms with Gasteiger partial charge in [-0.2, -0.15) is 0 Å². The first kappa shape index (κ1) is 15.9. The van der Waals surface area contributed by atoms with Gasteiger partial charge in [-0.15, -0.1) is 0 Å². The maximum Gasteiger partial charge on any atom is 0.268 e. The van der Waals surface area contributed by atoms with Gasteiger partial charge >= 0.3 is 0 Å². The first-order valence-electron chi connectivity index (χ1n) is 7.52. The Bertz CT molecular complexity index is 680. The van der Waals surface area contributed by atoms with Crippen molar-refractivity contribution in [1.29, 1.82) is 0 Å². The van der Waals surface area contributed by atoms with Gasteiger partial charge in [0.15, 0.2) is 5.43 Å². The number of aryl methyl sites for hydroxylation is 1. The topological polar surface area (TPSA) is 74.8 Å². The molecule has 2 N–H and O–H groups in total. The average molecular weight is 299 g/mol. The van der Waals surface area contributed by atoms with Gasteiger partial charge in [-0.05, 0) is 25.0 Å². The van der Waals surface area contributed by atoms with Gasteiger partial charge in [0.25, 0.3) is 5.91 Å². The number of H-pyrrole nitrogens is 1. The highest BCUT2D eigenvalue weighted by Crippen LogP contribution is 2.18. The zero-order valence-corrected chi connectivity index (χ0v) is 12.9. The Balaban J connectivity index is 2.19. The van der Waals surface area contributed by atoms with E-state index in [-0.39, 0.29) is 23.1 Å². The minimum absolute atomic E-state index is 0.106. The summed E-state index contributed by atoms with van der Waals surface area (Å²) in [5, 5.41) is 2.99. The summed E-state index contributed by atoms with van der Waals surface area (Å²) >= 11 is 0. The van der Waals surface area contributed by atoms with E-state index in [4.69, 9.17) is 0 Å². The van der Waals surface area contributed by atoms with E-state index in [0.29, 0.717) is 5.69 Å². The number of pyridine rings is 2. The second kappa shape index (κ2) is 7.54. The van der Waals surface area contributed by atoms with Crippen LogP contribution in [-0.4, -0.2) is 15.9 Å². The Morgan fingerprint density at radius 3 is 2.86 bits per heavy atom. The fourth-order valence-corrected chi connectivity index (χ4v) is 2.35.